The standard InChI is InChI=1S/C19H15N7S/c20-18-21-8-14(9-22-18)17-16(13-4-2-1-3-5-13)23-12-26(17)11-15-10-25-6-7-27-19(25)24-15/h1-10,12H,11H2,(H2,20,21,22). The highest BCUT2D eigenvalue weighted by molar-refractivity contribution is 7.15. The summed E-state index contributed by atoms with van der Waals surface area (Å²) in [6.07, 6.45) is 9.34. The fraction of sp³-hybridized carbons (Fsp3) is 0.0526. The molecule has 0 fully saturated rings. The third-order valence-electron chi connectivity index (χ3n) is 4.31. The third kappa shape index (κ3) is 2.85. The van der Waals surface area contributed by atoms with E-state index in [9.17, 15) is 0 Å². The minimum Gasteiger partial charge on any atom is -0.368 e. The fourth-order valence-corrected chi connectivity index (χ4v) is 3.82. The summed E-state index contributed by atoms with van der Waals surface area (Å²) in [5.74, 6) is 0.250. The Morgan fingerprint density at radius 1 is 1.00 bits per heavy atom. The third-order valence-corrected chi connectivity index (χ3v) is 5.08. The molecule has 132 valence electrons. The normalized spacial score (nSPS) is 11.3. The average molecular weight is 373 g/mol. The van der Waals surface area contributed by atoms with E-state index >= 15 is 0 Å². The van der Waals surface area contributed by atoms with Crippen molar-refractivity contribution in [2.75, 3.05) is 5.73 Å². The Hall–Kier alpha value is -3.52. The van der Waals surface area contributed by atoms with Gasteiger partial charge in [0.15, 0.2) is 4.96 Å². The van der Waals surface area contributed by atoms with Crippen molar-refractivity contribution in [3.05, 3.63) is 72.5 Å². The van der Waals surface area contributed by atoms with Crippen LogP contribution in [0.4, 0.5) is 5.95 Å². The van der Waals surface area contributed by atoms with E-state index in [1.165, 1.54) is 0 Å². The Balaban J connectivity index is 1.63. The molecule has 5 aromatic rings. The SMILES string of the molecule is Nc1ncc(-c2c(-c3ccccc3)ncn2Cc2cn3ccsc3n2)cn1. The second kappa shape index (κ2) is 6.33. The first-order valence-corrected chi connectivity index (χ1v) is 9.25. The maximum Gasteiger partial charge on any atom is 0.219 e. The number of rotatable bonds is 4. The molecule has 27 heavy (non-hydrogen) atoms. The van der Waals surface area contributed by atoms with Crippen LogP contribution in [0.2, 0.25) is 0 Å². The van der Waals surface area contributed by atoms with Crippen LogP contribution in [0.3, 0.4) is 0 Å². The van der Waals surface area contributed by atoms with Gasteiger partial charge in [0.25, 0.3) is 0 Å². The van der Waals surface area contributed by atoms with Crippen LogP contribution in [-0.2, 0) is 6.54 Å². The molecule has 0 bridgehead atoms. The molecule has 5 rings (SSSR count). The summed E-state index contributed by atoms with van der Waals surface area (Å²) in [5.41, 5.74) is 10.4. The van der Waals surface area contributed by atoms with Crippen LogP contribution >= 0.6 is 11.3 Å². The van der Waals surface area contributed by atoms with Gasteiger partial charge in [0.1, 0.15) is 0 Å². The minimum absolute atomic E-state index is 0.250. The predicted molar refractivity (Wildman–Crippen MR) is 105 cm³/mol. The van der Waals surface area contributed by atoms with Crippen LogP contribution in [-0.4, -0.2) is 28.9 Å². The Kier molecular flexibility index (Phi) is 3.68. The van der Waals surface area contributed by atoms with Crippen molar-refractivity contribution in [2.45, 2.75) is 6.54 Å². The van der Waals surface area contributed by atoms with Gasteiger partial charge in [0, 0.05) is 41.3 Å². The van der Waals surface area contributed by atoms with Crippen LogP contribution in [0, 0.1) is 0 Å². The number of fused-ring (bicyclic) bond motifs is 1. The number of thiazole rings is 1. The van der Waals surface area contributed by atoms with Crippen LogP contribution in [0.5, 0.6) is 0 Å². The van der Waals surface area contributed by atoms with Crippen LogP contribution in [0.25, 0.3) is 27.5 Å². The smallest absolute Gasteiger partial charge is 0.219 e. The number of aromatic nitrogens is 6. The van der Waals surface area contributed by atoms with Gasteiger partial charge in [0.2, 0.25) is 5.95 Å². The topological polar surface area (TPSA) is 86.9 Å². The lowest BCUT2D eigenvalue weighted by atomic mass is 10.1. The van der Waals surface area contributed by atoms with Crippen molar-refractivity contribution in [3.8, 4) is 22.5 Å². The van der Waals surface area contributed by atoms with E-state index in [1.807, 2.05) is 58.8 Å². The fourth-order valence-electron chi connectivity index (χ4n) is 3.10. The highest BCUT2D eigenvalue weighted by Gasteiger charge is 2.17. The van der Waals surface area contributed by atoms with Gasteiger partial charge >= 0.3 is 0 Å². The Morgan fingerprint density at radius 3 is 2.59 bits per heavy atom. The van der Waals surface area contributed by atoms with E-state index in [-0.39, 0.29) is 5.95 Å². The molecular weight excluding hydrogens is 358 g/mol. The number of anilines is 1. The zero-order chi connectivity index (χ0) is 18.2. The van der Waals surface area contributed by atoms with E-state index in [1.54, 1.807) is 23.7 Å². The lowest BCUT2D eigenvalue weighted by molar-refractivity contribution is 0.785. The van der Waals surface area contributed by atoms with Gasteiger partial charge < -0.3 is 10.3 Å². The van der Waals surface area contributed by atoms with Crippen molar-refractivity contribution in [3.63, 3.8) is 0 Å². The van der Waals surface area contributed by atoms with Gasteiger partial charge in [-0.2, -0.15) is 0 Å². The van der Waals surface area contributed by atoms with E-state index < -0.39 is 0 Å². The molecule has 4 aromatic heterocycles. The first-order chi connectivity index (χ1) is 13.3. The summed E-state index contributed by atoms with van der Waals surface area (Å²) in [6.45, 7) is 0.605. The largest absolute Gasteiger partial charge is 0.368 e. The van der Waals surface area contributed by atoms with Crippen molar-refractivity contribution >= 4 is 22.2 Å². The summed E-state index contributed by atoms with van der Waals surface area (Å²) in [6, 6.07) is 10.1. The number of imidazole rings is 2. The summed E-state index contributed by atoms with van der Waals surface area (Å²) in [7, 11) is 0. The summed E-state index contributed by atoms with van der Waals surface area (Å²) in [5, 5.41) is 2.02. The molecule has 0 unspecified atom stereocenters. The van der Waals surface area contributed by atoms with Gasteiger partial charge in [-0.3, -0.25) is 4.40 Å². The molecule has 0 atom stereocenters. The van der Waals surface area contributed by atoms with Crippen molar-refractivity contribution in [2.24, 2.45) is 0 Å². The molecule has 7 nitrogen and oxygen atoms in total. The maximum atomic E-state index is 5.67. The van der Waals surface area contributed by atoms with Crippen molar-refractivity contribution in [1.29, 1.82) is 0 Å². The number of hydrogen-bond acceptors (Lipinski definition) is 6. The number of nitrogens with two attached hydrogens (primary N) is 1. The lowest BCUT2D eigenvalue weighted by Crippen LogP contribution is -2.03. The van der Waals surface area contributed by atoms with Crippen LogP contribution in [0.1, 0.15) is 5.69 Å². The first kappa shape index (κ1) is 15.7. The number of benzene rings is 1. The number of nitrogen functional groups attached to an aromatic ring is 1. The molecule has 8 heteroatoms. The van der Waals surface area contributed by atoms with Gasteiger partial charge in [-0.15, -0.1) is 11.3 Å². The van der Waals surface area contributed by atoms with Crippen molar-refractivity contribution in [1.82, 2.24) is 28.9 Å². The van der Waals surface area contributed by atoms with E-state index in [2.05, 4.69) is 24.5 Å². The average Bonchev–Trinajstić information content (AvgIpc) is 3.38. The molecule has 0 saturated heterocycles. The van der Waals surface area contributed by atoms with E-state index in [4.69, 9.17) is 5.73 Å². The number of nitrogens with zero attached hydrogens (tertiary/aromatic N) is 6. The van der Waals surface area contributed by atoms with Crippen molar-refractivity contribution < 1.29 is 0 Å². The summed E-state index contributed by atoms with van der Waals surface area (Å²) >= 11 is 1.62. The van der Waals surface area contributed by atoms with Gasteiger partial charge in [-0.1, -0.05) is 30.3 Å². The number of hydrogen-bond donors (Lipinski definition) is 1. The Labute approximate surface area is 158 Å². The second-order valence-electron chi connectivity index (χ2n) is 6.09. The summed E-state index contributed by atoms with van der Waals surface area (Å²) in [4.78, 5) is 18.6. The zero-order valence-electron chi connectivity index (χ0n) is 14.2. The molecule has 0 saturated carbocycles. The predicted octanol–water partition coefficient (Wildman–Crippen LogP) is 3.35. The van der Waals surface area contributed by atoms with Gasteiger partial charge in [0.05, 0.1) is 30.0 Å². The minimum atomic E-state index is 0.250. The molecular formula is C19H15N7S. The highest BCUT2D eigenvalue weighted by Crippen LogP contribution is 2.31. The van der Waals surface area contributed by atoms with E-state index in [0.29, 0.717) is 6.54 Å². The Morgan fingerprint density at radius 2 is 1.81 bits per heavy atom. The summed E-state index contributed by atoms with van der Waals surface area (Å²) < 4.78 is 4.10. The zero-order valence-corrected chi connectivity index (χ0v) is 15.0. The van der Waals surface area contributed by atoms with Gasteiger partial charge in [-0.25, -0.2) is 19.9 Å². The molecule has 1 aromatic carbocycles. The molecule has 0 aliphatic heterocycles. The second-order valence-corrected chi connectivity index (χ2v) is 6.96. The van der Waals surface area contributed by atoms with Crippen LogP contribution < -0.4 is 5.73 Å². The lowest BCUT2D eigenvalue weighted by Gasteiger charge is -2.09. The van der Waals surface area contributed by atoms with Crippen LogP contribution in [0.15, 0.2) is 66.8 Å². The molecule has 0 aliphatic carbocycles. The monoisotopic (exact) mass is 373 g/mol. The maximum absolute atomic E-state index is 5.67. The molecule has 4 heterocycles. The van der Waals surface area contributed by atoms with E-state index in [0.717, 1.165) is 33.2 Å². The highest BCUT2D eigenvalue weighted by atomic mass is 32.1. The Bertz CT molecular complexity index is 1170. The molecule has 0 radical (unpaired) electrons. The molecule has 0 amide bonds. The first-order valence-electron chi connectivity index (χ1n) is 8.37. The van der Waals surface area contributed by atoms with Gasteiger partial charge in [-0.05, 0) is 0 Å². The molecule has 0 aliphatic rings. The molecule has 0 spiro atoms. The quantitative estimate of drug-likeness (QED) is 0.522. The molecule has 2 N–H and O–H groups in total.